The van der Waals surface area contributed by atoms with Gasteiger partial charge in [-0.2, -0.15) is 12.6 Å². The number of rotatable bonds is 1. The zero-order valence-corrected chi connectivity index (χ0v) is 10.7. The molecule has 0 radical (unpaired) electrons. The first kappa shape index (κ1) is 11.4. The largest absolute Gasteiger partial charge is 0.359 e. The number of hydrogen-bond donors (Lipinski definition) is 1. The molecule has 0 spiro atoms. The van der Waals surface area contributed by atoms with Crippen LogP contribution in [-0.2, 0) is 0 Å². The van der Waals surface area contributed by atoms with Crippen molar-refractivity contribution >= 4 is 41.5 Å². The molecular formula is C11H13Cl2NS. The van der Waals surface area contributed by atoms with Gasteiger partial charge in [-0.1, -0.05) is 23.2 Å². The molecule has 1 atom stereocenters. The number of benzene rings is 1. The molecule has 1 aromatic rings. The van der Waals surface area contributed by atoms with Gasteiger partial charge in [0.05, 0.1) is 16.1 Å². The minimum Gasteiger partial charge on any atom is -0.359 e. The zero-order chi connectivity index (χ0) is 10.8. The fraction of sp³-hybridized carbons (Fsp3) is 0.455. The second-order valence-electron chi connectivity index (χ2n) is 3.77. The lowest BCUT2D eigenvalue weighted by Gasteiger charge is -2.35. The summed E-state index contributed by atoms with van der Waals surface area (Å²) >= 11 is 16.6. The molecule has 1 heterocycles. The highest BCUT2D eigenvalue weighted by atomic mass is 35.5. The standard InChI is InChI=1S/C11H13Cl2NS/c12-8-4-5-10(9(13)7-8)14-6-2-1-3-11(14)15/h4-5,7,11,15H,1-3,6H2. The molecule has 1 unspecified atom stereocenters. The van der Waals surface area contributed by atoms with E-state index >= 15 is 0 Å². The number of nitrogens with zero attached hydrogens (tertiary/aromatic N) is 1. The third-order valence-electron chi connectivity index (χ3n) is 2.69. The summed E-state index contributed by atoms with van der Waals surface area (Å²) in [6.07, 6.45) is 3.56. The molecule has 1 aromatic carbocycles. The molecule has 0 aromatic heterocycles. The Hall–Kier alpha value is -0.0500. The van der Waals surface area contributed by atoms with E-state index in [0.29, 0.717) is 10.0 Å². The van der Waals surface area contributed by atoms with E-state index in [2.05, 4.69) is 17.5 Å². The maximum atomic E-state index is 6.17. The van der Waals surface area contributed by atoms with E-state index in [4.69, 9.17) is 23.2 Å². The van der Waals surface area contributed by atoms with Crippen molar-refractivity contribution in [2.24, 2.45) is 0 Å². The Morgan fingerprint density at radius 1 is 1.27 bits per heavy atom. The van der Waals surface area contributed by atoms with Crippen molar-refractivity contribution in [3.8, 4) is 0 Å². The average molecular weight is 262 g/mol. The lowest BCUT2D eigenvalue weighted by molar-refractivity contribution is 0.553. The van der Waals surface area contributed by atoms with Crippen LogP contribution in [0.15, 0.2) is 18.2 Å². The Morgan fingerprint density at radius 3 is 2.73 bits per heavy atom. The van der Waals surface area contributed by atoms with Crippen molar-refractivity contribution in [2.75, 3.05) is 11.4 Å². The SMILES string of the molecule is SC1CCCCN1c1ccc(Cl)cc1Cl. The molecule has 0 N–H and O–H groups in total. The van der Waals surface area contributed by atoms with Crippen LogP contribution in [-0.4, -0.2) is 11.9 Å². The summed E-state index contributed by atoms with van der Waals surface area (Å²) < 4.78 is 0. The predicted molar refractivity (Wildman–Crippen MR) is 70.4 cm³/mol. The van der Waals surface area contributed by atoms with Crippen molar-refractivity contribution in [3.63, 3.8) is 0 Å². The molecule has 82 valence electrons. The first-order chi connectivity index (χ1) is 7.18. The van der Waals surface area contributed by atoms with E-state index in [0.717, 1.165) is 18.7 Å². The van der Waals surface area contributed by atoms with E-state index in [1.807, 2.05) is 12.1 Å². The topological polar surface area (TPSA) is 3.24 Å². The number of piperidine rings is 1. The molecule has 1 aliphatic rings. The Kier molecular flexibility index (Phi) is 3.70. The van der Waals surface area contributed by atoms with Crippen molar-refractivity contribution in [3.05, 3.63) is 28.2 Å². The molecule has 0 saturated carbocycles. The first-order valence-electron chi connectivity index (χ1n) is 5.08. The van der Waals surface area contributed by atoms with Crippen molar-refractivity contribution < 1.29 is 0 Å². The van der Waals surface area contributed by atoms with E-state index in [1.165, 1.54) is 12.8 Å². The van der Waals surface area contributed by atoms with Crippen LogP contribution in [0, 0.1) is 0 Å². The van der Waals surface area contributed by atoms with Gasteiger partial charge in [0.25, 0.3) is 0 Å². The summed E-state index contributed by atoms with van der Waals surface area (Å²) in [7, 11) is 0. The van der Waals surface area contributed by atoms with Gasteiger partial charge < -0.3 is 4.90 Å². The number of thiol groups is 1. The fourth-order valence-corrected chi connectivity index (χ4v) is 2.85. The predicted octanol–water partition coefficient (Wildman–Crippen LogP) is 4.24. The fourth-order valence-electron chi connectivity index (χ4n) is 1.91. The third kappa shape index (κ3) is 2.55. The summed E-state index contributed by atoms with van der Waals surface area (Å²) in [5, 5.41) is 1.66. The van der Waals surface area contributed by atoms with Crippen LogP contribution in [0.1, 0.15) is 19.3 Å². The number of anilines is 1. The molecule has 0 amide bonds. The van der Waals surface area contributed by atoms with Crippen molar-refractivity contribution in [1.29, 1.82) is 0 Å². The van der Waals surface area contributed by atoms with Gasteiger partial charge in [-0.05, 0) is 37.5 Å². The number of halogens is 2. The highest BCUT2D eigenvalue weighted by Crippen LogP contribution is 2.33. The van der Waals surface area contributed by atoms with Crippen molar-refractivity contribution in [2.45, 2.75) is 24.6 Å². The minimum absolute atomic E-state index is 0.275. The normalized spacial score (nSPS) is 21.8. The van der Waals surface area contributed by atoms with Gasteiger partial charge in [-0.25, -0.2) is 0 Å². The van der Waals surface area contributed by atoms with Crippen LogP contribution in [0.4, 0.5) is 5.69 Å². The van der Waals surface area contributed by atoms with Gasteiger partial charge in [-0.15, -0.1) is 0 Å². The van der Waals surface area contributed by atoms with Crippen LogP contribution in [0.25, 0.3) is 0 Å². The van der Waals surface area contributed by atoms with Crippen LogP contribution >= 0.6 is 35.8 Å². The van der Waals surface area contributed by atoms with Crippen molar-refractivity contribution in [1.82, 2.24) is 0 Å². The molecular weight excluding hydrogens is 249 g/mol. The molecule has 4 heteroatoms. The second kappa shape index (κ2) is 4.86. The lowest BCUT2D eigenvalue weighted by Crippen LogP contribution is -2.36. The molecule has 15 heavy (non-hydrogen) atoms. The zero-order valence-electron chi connectivity index (χ0n) is 8.29. The van der Waals surface area contributed by atoms with Gasteiger partial charge in [-0.3, -0.25) is 0 Å². The monoisotopic (exact) mass is 261 g/mol. The van der Waals surface area contributed by atoms with Crippen LogP contribution in [0.5, 0.6) is 0 Å². The van der Waals surface area contributed by atoms with Gasteiger partial charge >= 0.3 is 0 Å². The van der Waals surface area contributed by atoms with Gasteiger partial charge in [0, 0.05) is 11.6 Å². The average Bonchev–Trinajstić information content (AvgIpc) is 2.20. The van der Waals surface area contributed by atoms with E-state index < -0.39 is 0 Å². The van der Waals surface area contributed by atoms with Crippen LogP contribution in [0.2, 0.25) is 10.0 Å². The molecule has 1 aliphatic heterocycles. The van der Waals surface area contributed by atoms with E-state index in [1.54, 1.807) is 6.07 Å². The smallest absolute Gasteiger partial charge is 0.0722 e. The van der Waals surface area contributed by atoms with Gasteiger partial charge in [0.15, 0.2) is 0 Å². The highest BCUT2D eigenvalue weighted by Gasteiger charge is 2.20. The number of hydrogen-bond acceptors (Lipinski definition) is 2. The summed E-state index contributed by atoms with van der Waals surface area (Å²) in [6, 6.07) is 5.63. The molecule has 1 nitrogen and oxygen atoms in total. The second-order valence-corrected chi connectivity index (χ2v) is 5.21. The summed E-state index contributed by atoms with van der Waals surface area (Å²) in [4.78, 5) is 2.24. The summed E-state index contributed by atoms with van der Waals surface area (Å²) in [6.45, 7) is 1.02. The first-order valence-corrected chi connectivity index (χ1v) is 6.35. The molecule has 2 rings (SSSR count). The Balaban J connectivity index is 2.27. The quantitative estimate of drug-likeness (QED) is 0.741. The lowest BCUT2D eigenvalue weighted by atomic mass is 10.1. The van der Waals surface area contributed by atoms with Gasteiger partial charge in [0.2, 0.25) is 0 Å². The Morgan fingerprint density at radius 2 is 2.07 bits per heavy atom. The highest BCUT2D eigenvalue weighted by molar-refractivity contribution is 7.81. The third-order valence-corrected chi connectivity index (χ3v) is 3.77. The van der Waals surface area contributed by atoms with E-state index in [9.17, 15) is 0 Å². The molecule has 0 bridgehead atoms. The summed E-state index contributed by atoms with van der Waals surface area (Å²) in [5.74, 6) is 0. The maximum absolute atomic E-state index is 6.17. The Bertz CT molecular complexity index is 356. The minimum atomic E-state index is 0.275. The Labute approximate surface area is 106 Å². The maximum Gasteiger partial charge on any atom is 0.0722 e. The molecule has 1 saturated heterocycles. The van der Waals surface area contributed by atoms with E-state index in [-0.39, 0.29) is 5.37 Å². The van der Waals surface area contributed by atoms with Gasteiger partial charge in [0.1, 0.15) is 0 Å². The summed E-state index contributed by atoms with van der Waals surface area (Å²) in [5.41, 5.74) is 1.04. The molecule has 0 aliphatic carbocycles. The van der Waals surface area contributed by atoms with Crippen LogP contribution in [0.3, 0.4) is 0 Å². The molecule has 1 fully saturated rings. The van der Waals surface area contributed by atoms with Crippen LogP contribution < -0.4 is 4.90 Å².